The van der Waals surface area contributed by atoms with Crippen molar-refractivity contribution in [2.24, 2.45) is 5.92 Å². The summed E-state index contributed by atoms with van der Waals surface area (Å²) in [5.41, 5.74) is 0. The van der Waals surface area contributed by atoms with Crippen molar-refractivity contribution in [3.05, 3.63) is 0 Å². The van der Waals surface area contributed by atoms with Crippen molar-refractivity contribution in [2.45, 2.75) is 32.0 Å². The first-order chi connectivity index (χ1) is 3.30. The molecule has 0 saturated heterocycles. The molecule has 0 aromatic rings. The molecule has 0 nitrogen and oxygen atoms in total. The van der Waals surface area contributed by atoms with Crippen molar-refractivity contribution in [3.8, 4) is 0 Å². The SMILES string of the molecule is [B]C1CCCC1C. The average Bonchev–Trinajstić information content (AvgIpc) is 1.91. The van der Waals surface area contributed by atoms with E-state index in [9.17, 15) is 0 Å². The molecule has 2 radical (unpaired) electrons. The molecule has 1 rings (SSSR count). The Kier molecular flexibility index (Phi) is 1.41. The van der Waals surface area contributed by atoms with Gasteiger partial charge in [-0.3, -0.25) is 0 Å². The molecule has 0 heterocycles. The predicted octanol–water partition coefficient (Wildman–Crippen LogP) is 1.76. The van der Waals surface area contributed by atoms with E-state index in [1.54, 1.807) is 0 Å². The van der Waals surface area contributed by atoms with E-state index < -0.39 is 0 Å². The summed E-state index contributed by atoms with van der Waals surface area (Å²) in [6.45, 7) is 2.23. The van der Waals surface area contributed by atoms with Gasteiger partial charge in [-0.05, 0) is 5.92 Å². The van der Waals surface area contributed by atoms with Crippen LogP contribution in [0.3, 0.4) is 0 Å². The highest BCUT2D eigenvalue weighted by Gasteiger charge is 2.17. The maximum Gasteiger partial charge on any atom is 0.0703 e. The van der Waals surface area contributed by atoms with Crippen LogP contribution in [0, 0.1) is 5.92 Å². The fourth-order valence-corrected chi connectivity index (χ4v) is 1.17. The summed E-state index contributed by atoms with van der Waals surface area (Å²) in [4.78, 5) is 0. The van der Waals surface area contributed by atoms with Crippen molar-refractivity contribution in [1.82, 2.24) is 0 Å². The minimum absolute atomic E-state index is 0.514. The zero-order valence-electron chi connectivity index (χ0n) is 4.85. The number of hydrogen-bond donors (Lipinski definition) is 0. The zero-order chi connectivity index (χ0) is 5.28. The molecule has 0 aromatic heterocycles. The standard InChI is InChI=1S/C6H11B/c1-5-3-2-4-6(5)7/h5-6H,2-4H2,1H3. The van der Waals surface area contributed by atoms with Crippen LogP contribution in [-0.2, 0) is 0 Å². The maximum atomic E-state index is 5.68. The van der Waals surface area contributed by atoms with E-state index in [0.29, 0.717) is 5.82 Å². The highest BCUT2D eigenvalue weighted by molar-refractivity contribution is 6.11. The molecule has 7 heavy (non-hydrogen) atoms. The van der Waals surface area contributed by atoms with Crippen LogP contribution < -0.4 is 0 Å². The third kappa shape index (κ3) is 0.989. The summed E-state index contributed by atoms with van der Waals surface area (Å²) in [5.74, 6) is 1.31. The maximum absolute atomic E-state index is 5.68. The Morgan fingerprint density at radius 2 is 2.14 bits per heavy atom. The lowest BCUT2D eigenvalue weighted by atomic mass is 9.80. The van der Waals surface area contributed by atoms with Crippen molar-refractivity contribution in [3.63, 3.8) is 0 Å². The van der Waals surface area contributed by atoms with Gasteiger partial charge in [0.05, 0.1) is 7.85 Å². The van der Waals surface area contributed by atoms with E-state index in [0.717, 1.165) is 5.92 Å². The Morgan fingerprint density at radius 3 is 2.29 bits per heavy atom. The quantitative estimate of drug-likeness (QED) is 0.401. The van der Waals surface area contributed by atoms with Gasteiger partial charge in [-0.25, -0.2) is 0 Å². The lowest BCUT2D eigenvalue weighted by molar-refractivity contribution is 0.611. The highest BCUT2D eigenvalue weighted by atomic mass is 14.2. The van der Waals surface area contributed by atoms with E-state index in [2.05, 4.69) is 6.92 Å². The third-order valence-corrected chi connectivity index (χ3v) is 1.93. The lowest BCUT2D eigenvalue weighted by Gasteiger charge is -2.05. The average molecular weight is 94.0 g/mol. The van der Waals surface area contributed by atoms with Crippen LogP contribution in [0.1, 0.15) is 26.2 Å². The van der Waals surface area contributed by atoms with Gasteiger partial charge in [0.25, 0.3) is 0 Å². The van der Waals surface area contributed by atoms with Gasteiger partial charge in [-0.1, -0.05) is 32.0 Å². The monoisotopic (exact) mass is 94.1 g/mol. The second kappa shape index (κ2) is 1.89. The minimum atomic E-state index is 0.514. The Hall–Kier alpha value is 0.0649. The van der Waals surface area contributed by atoms with Crippen LogP contribution in [0.4, 0.5) is 0 Å². The first kappa shape index (κ1) is 5.21. The molecule has 0 aromatic carbocycles. The Balaban J connectivity index is 2.33. The van der Waals surface area contributed by atoms with Crippen LogP contribution in [0.15, 0.2) is 0 Å². The van der Waals surface area contributed by atoms with E-state index in [1.807, 2.05) is 0 Å². The van der Waals surface area contributed by atoms with Gasteiger partial charge in [-0.15, -0.1) is 0 Å². The summed E-state index contributed by atoms with van der Waals surface area (Å²) in [7, 11) is 5.68. The summed E-state index contributed by atoms with van der Waals surface area (Å²) in [5, 5.41) is 0. The summed E-state index contributed by atoms with van der Waals surface area (Å²) in [6.07, 6.45) is 3.95. The minimum Gasteiger partial charge on any atom is -0.0749 e. The Labute approximate surface area is 46.7 Å². The van der Waals surface area contributed by atoms with Gasteiger partial charge in [0.1, 0.15) is 0 Å². The fourth-order valence-electron chi connectivity index (χ4n) is 1.17. The zero-order valence-corrected chi connectivity index (χ0v) is 4.85. The van der Waals surface area contributed by atoms with Gasteiger partial charge < -0.3 is 0 Å². The lowest BCUT2D eigenvalue weighted by Crippen LogP contribution is -1.93. The van der Waals surface area contributed by atoms with E-state index in [1.165, 1.54) is 19.3 Å². The molecule has 0 spiro atoms. The van der Waals surface area contributed by atoms with Crippen molar-refractivity contribution >= 4 is 7.85 Å². The molecule has 0 amide bonds. The fraction of sp³-hybridized carbons (Fsp3) is 1.00. The molecule has 1 heteroatoms. The van der Waals surface area contributed by atoms with E-state index >= 15 is 0 Å². The number of rotatable bonds is 0. The van der Waals surface area contributed by atoms with E-state index in [-0.39, 0.29) is 0 Å². The van der Waals surface area contributed by atoms with Crippen LogP contribution in [0.25, 0.3) is 0 Å². The van der Waals surface area contributed by atoms with Crippen molar-refractivity contribution in [1.29, 1.82) is 0 Å². The molecule has 1 aliphatic carbocycles. The smallest absolute Gasteiger partial charge is 0.0703 e. The largest absolute Gasteiger partial charge is 0.0749 e. The molecule has 0 N–H and O–H groups in total. The molecule has 2 atom stereocenters. The van der Waals surface area contributed by atoms with Gasteiger partial charge in [0.15, 0.2) is 0 Å². The summed E-state index contributed by atoms with van der Waals surface area (Å²) < 4.78 is 0. The first-order valence-corrected chi connectivity index (χ1v) is 3.06. The second-order valence-electron chi connectivity index (χ2n) is 2.57. The molecular weight excluding hydrogens is 82.9 g/mol. The van der Waals surface area contributed by atoms with Crippen molar-refractivity contribution in [2.75, 3.05) is 0 Å². The highest BCUT2D eigenvalue weighted by Crippen LogP contribution is 2.32. The predicted molar refractivity (Wildman–Crippen MR) is 32.5 cm³/mol. The van der Waals surface area contributed by atoms with Crippen LogP contribution >= 0.6 is 0 Å². The molecular formula is C6H11B. The van der Waals surface area contributed by atoms with Gasteiger partial charge in [0, 0.05) is 0 Å². The second-order valence-corrected chi connectivity index (χ2v) is 2.57. The molecule has 0 aliphatic heterocycles. The van der Waals surface area contributed by atoms with Crippen LogP contribution in [0.2, 0.25) is 5.82 Å². The molecule has 2 unspecified atom stereocenters. The summed E-state index contributed by atoms with van der Waals surface area (Å²) >= 11 is 0. The topological polar surface area (TPSA) is 0 Å². The molecule has 38 valence electrons. The molecule has 1 saturated carbocycles. The molecule has 0 bridgehead atoms. The van der Waals surface area contributed by atoms with Crippen molar-refractivity contribution < 1.29 is 0 Å². The van der Waals surface area contributed by atoms with Crippen LogP contribution in [0.5, 0.6) is 0 Å². The van der Waals surface area contributed by atoms with Crippen LogP contribution in [-0.4, -0.2) is 7.85 Å². The number of hydrogen-bond acceptors (Lipinski definition) is 0. The van der Waals surface area contributed by atoms with Gasteiger partial charge >= 0.3 is 0 Å². The van der Waals surface area contributed by atoms with Gasteiger partial charge in [-0.2, -0.15) is 0 Å². The third-order valence-electron chi connectivity index (χ3n) is 1.93. The first-order valence-electron chi connectivity index (χ1n) is 3.06. The molecule has 1 aliphatic rings. The van der Waals surface area contributed by atoms with E-state index in [4.69, 9.17) is 7.85 Å². The van der Waals surface area contributed by atoms with Gasteiger partial charge in [0.2, 0.25) is 0 Å². The molecule has 1 fully saturated rings. The summed E-state index contributed by atoms with van der Waals surface area (Å²) in [6, 6.07) is 0. The Bertz CT molecular complexity index is 53.2. The Morgan fingerprint density at radius 1 is 1.43 bits per heavy atom. The normalized spacial score (nSPS) is 41.9.